The van der Waals surface area contributed by atoms with Crippen LogP contribution in [0.3, 0.4) is 0 Å². The van der Waals surface area contributed by atoms with E-state index < -0.39 is 0 Å². The van der Waals surface area contributed by atoms with Crippen LogP contribution in [0.15, 0.2) is 18.2 Å². The molecule has 0 radical (unpaired) electrons. The number of benzene rings is 1. The van der Waals surface area contributed by atoms with E-state index >= 15 is 0 Å². The van der Waals surface area contributed by atoms with E-state index in [9.17, 15) is 0 Å². The van der Waals surface area contributed by atoms with Crippen molar-refractivity contribution in [1.29, 1.82) is 0 Å². The van der Waals surface area contributed by atoms with Gasteiger partial charge in [-0.2, -0.15) is 0 Å². The molecule has 18 heavy (non-hydrogen) atoms. The second-order valence-electron chi connectivity index (χ2n) is 6.96. The highest BCUT2D eigenvalue weighted by Crippen LogP contribution is 2.61. The molecule has 1 heteroatoms. The van der Waals surface area contributed by atoms with Crippen LogP contribution >= 0.6 is 0 Å². The molecule has 1 aliphatic heterocycles. The smallest absolute Gasteiger partial charge is 0.00442 e. The highest BCUT2D eigenvalue weighted by atomic mass is 15.1. The second kappa shape index (κ2) is 3.60. The molecule has 96 valence electrons. The number of nitrogens with zero attached hydrogens (tertiary/aromatic N) is 1. The Morgan fingerprint density at radius 2 is 2.17 bits per heavy atom. The first kappa shape index (κ1) is 11.0. The van der Waals surface area contributed by atoms with E-state index in [1.54, 1.807) is 11.1 Å². The molecule has 2 aliphatic carbocycles. The Labute approximate surface area is 110 Å². The largest absolute Gasteiger partial charge is 0.305 e. The molecule has 3 atom stereocenters. The molecule has 1 aromatic carbocycles. The molecule has 4 rings (SSSR count). The minimum absolute atomic E-state index is 0.636. The van der Waals surface area contributed by atoms with Gasteiger partial charge in [0.15, 0.2) is 0 Å². The van der Waals surface area contributed by atoms with Crippen LogP contribution < -0.4 is 0 Å². The molecule has 3 aliphatic rings. The first-order valence-corrected chi connectivity index (χ1v) is 7.47. The average Bonchev–Trinajstić information content (AvgIpc) is 2.82. The number of rotatable bonds is 0. The fourth-order valence-corrected chi connectivity index (χ4v) is 5.26. The quantitative estimate of drug-likeness (QED) is 0.673. The third-order valence-electron chi connectivity index (χ3n) is 5.94. The van der Waals surface area contributed by atoms with Gasteiger partial charge in [-0.05, 0) is 68.0 Å². The van der Waals surface area contributed by atoms with Crippen LogP contribution in [-0.4, -0.2) is 25.0 Å². The molecule has 2 fully saturated rings. The van der Waals surface area contributed by atoms with E-state index in [-0.39, 0.29) is 0 Å². The lowest BCUT2D eigenvalue weighted by atomic mass is 9.63. The predicted molar refractivity (Wildman–Crippen MR) is 74.9 cm³/mol. The molecule has 1 aromatic rings. The summed E-state index contributed by atoms with van der Waals surface area (Å²) >= 11 is 0. The molecule has 1 spiro atoms. The molecule has 1 heterocycles. The molecular formula is C17H23N. The average molecular weight is 241 g/mol. The molecule has 0 unspecified atom stereocenters. The minimum atomic E-state index is 0.636. The standard InChI is InChI=1S/C17H23N/c1-12-3-5-15-13(9-12)7-8-17-11-18(2)10-14(17)4-6-16(15)17/h3,5,9,14,16H,4,6-8,10-11H2,1-2H3/t14-,16-,17+/m1/s1. The molecule has 1 saturated heterocycles. The third-order valence-corrected chi connectivity index (χ3v) is 5.94. The van der Waals surface area contributed by atoms with E-state index in [2.05, 4.69) is 37.1 Å². The maximum atomic E-state index is 2.58. The lowest BCUT2D eigenvalue weighted by Crippen LogP contribution is -2.36. The lowest BCUT2D eigenvalue weighted by Gasteiger charge is -2.41. The Hall–Kier alpha value is -0.820. The van der Waals surface area contributed by atoms with E-state index in [1.807, 2.05) is 0 Å². The van der Waals surface area contributed by atoms with Crippen molar-refractivity contribution in [1.82, 2.24) is 4.90 Å². The van der Waals surface area contributed by atoms with Gasteiger partial charge in [-0.3, -0.25) is 0 Å². The highest BCUT2D eigenvalue weighted by molar-refractivity contribution is 5.40. The highest BCUT2D eigenvalue weighted by Gasteiger charge is 2.56. The number of likely N-dealkylation sites (tertiary alicyclic amines) is 1. The normalized spacial score (nSPS) is 38.3. The second-order valence-corrected chi connectivity index (χ2v) is 6.96. The van der Waals surface area contributed by atoms with Crippen LogP contribution in [0.1, 0.15) is 41.9 Å². The van der Waals surface area contributed by atoms with Crippen molar-refractivity contribution in [2.75, 3.05) is 20.1 Å². The number of hydrogen-bond donors (Lipinski definition) is 0. The van der Waals surface area contributed by atoms with Crippen molar-refractivity contribution in [3.63, 3.8) is 0 Å². The van der Waals surface area contributed by atoms with E-state index in [0.29, 0.717) is 5.41 Å². The first-order valence-electron chi connectivity index (χ1n) is 7.47. The maximum absolute atomic E-state index is 2.58. The van der Waals surface area contributed by atoms with E-state index in [1.165, 1.54) is 44.3 Å². The van der Waals surface area contributed by atoms with Crippen molar-refractivity contribution in [3.05, 3.63) is 34.9 Å². The molecule has 0 N–H and O–H groups in total. The van der Waals surface area contributed by atoms with Crippen LogP contribution in [0.2, 0.25) is 0 Å². The summed E-state index contributed by atoms with van der Waals surface area (Å²) in [6.07, 6.45) is 5.65. The zero-order valence-electron chi connectivity index (χ0n) is 11.6. The zero-order chi connectivity index (χ0) is 12.3. The minimum Gasteiger partial charge on any atom is -0.305 e. The molecule has 1 nitrogen and oxygen atoms in total. The number of hydrogen-bond acceptors (Lipinski definition) is 1. The van der Waals surface area contributed by atoms with Gasteiger partial charge in [-0.1, -0.05) is 23.8 Å². The van der Waals surface area contributed by atoms with Crippen LogP contribution in [-0.2, 0) is 6.42 Å². The summed E-state index contributed by atoms with van der Waals surface area (Å²) in [5.74, 6) is 1.83. The van der Waals surface area contributed by atoms with Crippen LogP contribution in [0.25, 0.3) is 0 Å². The monoisotopic (exact) mass is 241 g/mol. The molecular weight excluding hydrogens is 218 g/mol. The predicted octanol–water partition coefficient (Wildman–Crippen LogP) is 3.37. The van der Waals surface area contributed by atoms with Crippen molar-refractivity contribution >= 4 is 0 Å². The Kier molecular flexibility index (Phi) is 2.21. The van der Waals surface area contributed by atoms with Gasteiger partial charge in [0.2, 0.25) is 0 Å². The third kappa shape index (κ3) is 1.31. The van der Waals surface area contributed by atoms with Crippen molar-refractivity contribution in [3.8, 4) is 0 Å². The van der Waals surface area contributed by atoms with E-state index in [4.69, 9.17) is 0 Å². The van der Waals surface area contributed by atoms with Crippen LogP contribution in [0, 0.1) is 18.3 Å². The summed E-state index contributed by atoms with van der Waals surface area (Å²) < 4.78 is 0. The number of fused-ring (bicyclic) bond motifs is 2. The van der Waals surface area contributed by atoms with Gasteiger partial charge in [0.25, 0.3) is 0 Å². The van der Waals surface area contributed by atoms with Crippen LogP contribution in [0.4, 0.5) is 0 Å². The van der Waals surface area contributed by atoms with Crippen molar-refractivity contribution < 1.29 is 0 Å². The van der Waals surface area contributed by atoms with Crippen LogP contribution in [0.5, 0.6) is 0 Å². The Morgan fingerprint density at radius 3 is 3.06 bits per heavy atom. The summed E-state index contributed by atoms with van der Waals surface area (Å²) in [7, 11) is 2.31. The fourth-order valence-electron chi connectivity index (χ4n) is 5.26. The SMILES string of the molecule is Cc1ccc2c(c1)CC[C@]13CN(C)C[C@H]1CC[C@H]23. The Balaban J connectivity index is 1.80. The summed E-state index contributed by atoms with van der Waals surface area (Å²) in [6, 6.07) is 7.20. The Morgan fingerprint density at radius 1 is 1.28 bits per heavy atom. The van der Waals surface area contributed by atoms with Gasteiger partial charge in [0.05, 0.1) is 0 Å². The van der Waals surface area contributed by atoms with Crippen molar-refractivity contribution in [2.45, 2.75) is 38.5 Å². The van der Waals surface area contributed by atoms with E-state index in [0.717, 1.165) is 11.8 Å². The van der Waals surface area contributed by atoms with Gasteiger partial charge in [0, 0.05) is 13.1 Å². The lowest BCUT2D eigenvalue weighted by molar-refractivity contribution is 0.189. The summed E-state index contributed by atoms with van der Waals surface area (Å²) in [5.41, 5.74) is 5.42. The topological polar surface area (TPSA) is 3.24 Å². The number of aryl methyl sites for hydroxylation is 2. The molecule has 0 bridgehead atoms. The molecule has 1 saturated carbocycles. The van der Waals surface area contributed by atoms with Crippen molar-refractivity contribution in [2.24, 2.45) is 11.3 Å². The first-order chi connectivity index (χ1) is 8.69. The molecule has 0 aromatic heterocycles. The summed E-state index contributed by atoms with van der Waals surface area (Å²) in [5, 5.41) is 0. The zero-order valence-corrected chi connectivity index (χ0v) is 11.6. The summed E-state index contributed by atoms with van der Waals surface area (Å²) in [6.45, 7) is 4.92. The van der Waals surface area contributed by atoms with Gasteiger partial charge < -0.3 is 4.90 Å². The van der Waals surface area contributed by atoms with Gasteiger partial charge in [-0.15, -0.1) is 0 Å². The maximum Gasteiger partial charge on any atom is 0.00442 e. The summed E-state index contributed by atoms with van der Waals surface area (Å²) in [4.78, 5) is 2.58. The van der Waals surface area contributed by atoms with Gasteiger partial charge in [0.1, 0.15) is 0 Å². The fraction of sp³-hybridized carbons (Fsp3) is 0.647. The van der Waals surface area contributed by atoms with Gasteiger partial charge in [-0.25, -0.2) is 0 Å². The molecule has 0 amide bonds. The Bertz CT molecular complexity index is 492. The van der Waals surface area contributed by atoms with Gasteiger partial charge >= 0.3 is 0 Å².